The molecular formula is C19H23IN6O2S2. The summed E-state index contributed by atoms with van der Waals surface area (Å²) in [5.41, 5.74) is 9.86. The van der Waals surface area contributed by atoms with Gasteiger partial charge in [-0.1, -0.05) is 18.7 Å². The summed E-state index contributed by atoms with van der Waals surface area (Å²) in [6, 6.07) is 4.47. The highest BCUT2D eigenvalue weighted by molar-refractivity contribution is 14.1. The predicted octanol–water partition coefficient (Wildman–Crippen LogP) is 2.98. The summed E-state index contributed by atoms with van der Waals surface area (Å²) >= 11 is 3.87. The molecule has 0 atom stereocenters. The van der Waals surface area contributed by atoms with Gasteiger partial charge in [-0.15, -0.1) is 0 Å². The van der Waals surface area contributed by atoms with E-state index in [1.807, 2.05) is 11.5 Å². The van der Waals surface area contributed by atoms with Crippen LogP contribution in [-0.2, 0) is 29.4 Å². The van der Waals surface area contributed by atoms with E-state index in [2.05, 4.69) is 54.4 Å². The Morgan fingerprint density at radius 1 is 1.27 bits per heavy atom. The van der Waals surface area contributed by atoms with Gasteiger partial charge in [0.1, 0.15) is 6.33 Å². The van der Waals surface area contributed by atoms with Crippen molar-refractivity contribution < 1.29 is 8.42 Å². The number of rotatable bonds is 8. The Bertz CT molecular complexity index is 1200. The third-order valence-electron chi connectivity index (χ3n) is 5.03. The van der Waals surface area contributed by atoms with Crippen molar-refractivity contribution in [3.05, 3.63) is 33.2 Å². The Morgan fingerprint density at radius 2 is 2.03 bits per heavy atom. The molecule has 0 fully saturated rings. The Balaban J connectivity index is 1.69. The third-order valence-corrected chi connectivity index (χ3v) is 8.70. The predicted molar refractivity (Wildman–Crippen MR) is 127 cm³/mol. The summed E-state index contributed by atoms with van der Waals surface area (Å²) in [5.74, 6) is 0.230. The fourth-order valence-electron chi connectivity index (χ4n) is 3.50. The highest BCUT2D eigenvalue weighted by Crippen LogP contribution is 2.37. The van der Waals surface area contributed by atoms with Crippen LogP contribution >= 0.6 is 34.4 Å². The maximum absolute atomic E-state index is 12.3. The molecule has 0 radical (unpaired) electrons. The first-order valence-corrected chi connectivity index (χ1v) is 13.4. The van der Waals surface area contributed by atoms with Crippen molar-refractivity contribution in [2.75, 3.05) is 18.0 Å². The number of nitrogens with two attached hydrogens (primary N) is 1. The van der Waals surface area contributed by atoms with Crippen LogP contribution in [0.3, 0.4) is 0 Å². The van der Waals surface area contributed by atoms with E-state index in [0.29, 0.717) is 22.9 Å². The molecule has 11 heteroatoms. The van der Waals surface area contributed by atoms with Crippen LogP contribution in [0.1, 0.15) is 30.9 Å². The van der Waals surface area contributed by atoms with E-state index < -0.39 is 10.0 Å². The minimum atomic E-state index is -3.39. The lowest BCUT2D eigenvalue weighted by Crippen LogP contribution is -2.29. The molecule has 0 bridgehead atoms. The monoisotopic (exact) mass is 558 g/mol. The van der Waals surface area contributed by atoms with Crippen molar-refractivity contribution in [2.45, 2.75) is 49.2 Å². The van der Waals surface area contributed by atoms with Gasteiger partial charge in [0.25, 0.3) is 0 Å². The first-order chi connectivity index (χ1) is 14.4. The minimum Gasteiger partial charge on any atom is -0.382 e. The standard InChI is InChI=1S/C19H23IN6O2S2/c1-2-6-24-30(27,28)8-7-26-18-16(17(21)22-11-23-18)25-19(26)29-15-10-13-5-3-4-12(13)9-14(15)20/h9-11,24H,2-8H2,1H3,(H2,21,22,23). The number of aryl methyl sites for hydroxylation is 3. The lowest BCUT2D eigenvalue weighted by atomic mass is 10.1. The summed E-state index contributed by atoms with van der Waals surface area (Å²) < 4.78 is 30.3. The average molecular weight is 558 g/mol. The van der Waals surface area contributed by atoms with Gasteiger partial charge >= 0.3 is 0 Å². The zero-order valence-electron chi connectivity index (χ0n) is 16.6. The molecule has 30 heavy (non-hydrogen) atoms. The van der Waals surface area contributed by atoms with Crippen molar-refractivity contribution in [3.8, 4) is 0 Å². The van der Waals surface area contributed by atoms with Crippen LogP contribution in [0.4, 0.5) is 5.82 Å². The van der Waals surface area contributed by atoms with E-state index in [0.717, 1.165) is 27.7 Å². The van der Waals surface area contributed by atoms with E-state index in [1.165, 1.54) is 35.6 Å². The third kappa shape index (κ3) is 4.58. The van der Waals surface area contributed by atoms with E-state index >= 15 is 0 Å². The van der Waals surface area contributed by atoms with Crippen LogP contribution in [0.2, 0.25) is 0 Å². The number of nitrogen functional groups attached to an aromatic ring is 1. The number of halogens is 1. The molecule has 0 saturated carbocycles. The number of benzene rings is 1. The second-order valence-corrected chi connectivity index (χ2v) is 11.3. The zero-order chi connectivity index (χ0) is 21.3. The van der Waals surface area contributed by atoms with E-state index in [-0.39, 0.29) is 18.1 Å². The minimum absolute atomic E-state index is 0.0583. The average Bonchev–Trinajstić information content (AvgIpc) is 3.30. The normalized spacial score (nSPS) is 13.8. The van der Waals surface area contributed by atoms with Crippen LogP contribution in [0.5, 0.6) is 0 Å². The number of hydrogen-bond donors (Lipinski definition) is 2. The van der Waals surface area contributed by atoms with Crippen molar-refractivity contribution in [1.82, 2.24) is 24.2 Å². The molecule has 1 aromatic carbocycles. The summed E-state index contributed by atoms with van der Waals surface area (Å²) in [6.07, 6.45) is 5.54. The molecule has 3 N–H and O–H groups in total. The fourth-order valence-corrected chi connectivity index (χ4v) is 6.43. The maximum atomic E-state index is 12.3. The van der Waals surface area contributed by atoms with Crippen LogP contribution in [-0.4, -0.2) is 40.2 Å². The van der Waals surface area contributed by atoms with Gasteiger partial charge in [-0.3, -0.25) is 0 Å². The van der Waals surface area contributed by atoms with Crippen molar-refractivity contribution in [1.29, 1.82) is 0 Å². The smallest absolute Gasteiger partial charge is 0.213 e. The SMILES string of the molecule is CCCNS(=O)(=O)CCn1c(Sc2cc3c(cc2I)CCC3)nc2c(N)ncnc21. The van der Waals surface area contributed by atoms with Gasteiger partial charge < -0.3 is 10.3 Å². The first-order valence-electron chi connectivity index (χ1n) is 9.81. The molecular weight excluding hydrogens is 535 g/mol. The van der Waals surface area contributed by atoms with Gasteiger partial charge in [0.2, 0.25) is 10.0 Å². The number of imidazole rings is 1. The number of fused-ring (bicyclic) bond motifs is 2. The number of sulfonamides is 1. The molecule has 1 aliphatic rings. The molecule has 160 valence electrons. The molecule has 2 heterocycles. The largest absolute Gasteiger partial charge is 0.382 e. The molecule has 0 spiro atoms. The Labute approximate surface area is 193 Å². The topological polar surface area (TPSA) is 116 Å². The fraction of sp³-hybridized carbons (Fsp3) is 0.421. The zero-order valence-corrected chi connectivity index (χ0v) is 20.3. The molecule has 0 aliphatic heterocycles. The summed E-state index contributed by atoms with van der Waals surface area (Å²) in [6.45, 7) is 2.59. The van der Waals surface area contributed by atoms with Gasteiger partial charge in [0.15, 0.2) is 22.1 Å². The maximum Gasteiger partial charge on any atom is 0.213 e. The number of anilines is 1. The van der Waals surface area contributed by atoms with Crippen molar-refractivity contribution >= 4 is 61.4 Å². The van der Waals surface area contributed by atoms with Gasteiger partial charge in [-0.2, -0.15) is 0 Å². The number of aromatic nitrogens is 4. The number of nitrogens with zero attached hydrogens (tertiary/aromatic N) is 4. The van der Waals surface area contributed by atoms with Crippen LogP contribution < -0.4 is 10.5 Å². The van der Waals surface area contributed by atoms with E-state index in [4.69, 9.17) is 5.73 Å². The van der Waals surface area contributed by atoms with Gasteiger partial charge in [-0.25, -0.2) is 28.1 Å². The van der Waals surface area contributed by atoms with E-state index in [9.17, 15) is 8.42 Å². The number of nitrogens with one attached hydrogen (secondary N) is 1. The van der Waals surface area contributed by atoms with E-state index in [1.54, 1.807) is 0 Å². The Hall–Kier alpha value is -1.44. The quantitative estimate of drug-likeness (QED) is 0.409. The summed E-state index contributed by atoms with van der Waals surface area (Å²) in [7, 11) is -3.39. The molecule has 0 amide bonds. The molecule has 2 aromatic heterocycles. The first kappa shape index (κ1) is 21.8. The second kappa shape index (κ2) is 8.97. The van der Waals surface area contributed by atoms with Crippen LogP contribution in [0.15, 0.2) is 28.5 Å². The lowest BCUT2D eigenvalue weighted by molar-refractivity contribution is 0.571. The van der Waals surface area contributed by atoms with Crippen molar-refractivity contribution in [2.24, 2.45) is 0 Å². The van der Waals surface area contributed by atoms with Gasteiger partial charge in [0, 0.05) is 21.6 Å². The molecule has 1 aliphatic carbocycles. The Kier molecular flexibility index (Phi) is 6.51. The molecule has 3 aromatic rings. The molecule has 8 nitrogen and oxygen atoms in total. The van der Waals surface area contributed by atoms with Crippen LogP contribution in [0, 0.1) is 3.57 Å². The lowest BCUT2D eigenvalue weighted by Gasteiger charge is -2.11. The molecule has 0 unspecified atom stereocenters. The van der Waals surface area contributed by atoms with Crippen LogP contribution in [0.25, 0.3) is 11.2 Å². The molecule has 0 saturated heterocycles. The number of hydrogen-bond acceptors (Lipinski definition) is 7. The molecule has 4 rings (SSSR count). The Morgan fingerprint density at radius 3 is 2.80 bits per heavy atom. The summed E-state index contributed by atoms with van der Waals surface area (Å²) in [5, 5.41) is 0.666. The van der Waals surface area contributed by atoms with Gasteiger partial charge in [0.05, 0.1) is 5.75 Å². The van der Waals surface area contributed by atoms with Crippen molar-refractivity contribution in [3.63, 3.8) is 0 Å². The highest BCUT2D eigenvalue weighted by atomic mass is 127. The highest BCUT2D eigenvalue weighted by Gasteiger charge is 2.21. The second-order valence-electron chi connectivity index (χ2n) is 7.20. The van der Waals surface area contributed by atoms with Gasteiger partial charge in [-0.05, 0) is 71.5 Å². The summed E-state index contributed by atoms with van der Waals surface area (Å²) in [4.78, 5) is 14.1.